The van der Waals surface area contributed by atoms with Crippen molar-refractivity contribution in [3.05, 3.63) is 36.3 Å². The molecule has 1 aliphatic heterocycles. The van der Waals surface area contributed by atoms with E-state index in [0.29, 0.717) is 0 Å². The topological polar surface area (TPSA) is 29.9 Å². The van der Waals surface area contributed by atoms with Crippen LogP contribution in [0.25, 0.3) is 11.3 Å². The van der Waals surface area contributed by atoms with Crippen LogP contribution in [-0.4, -0.2) is 16.1 Å². The molecule has 3 rings (SSSR count). The second-order valence-corrected chi connectivity index (χ2v) is 4.84. The molecule has 18 heavy (non-hydrogen) atoms. The molecule has 0 fully saturated rings. The van der Waals surface area contributed by atoms with Crippen LogP contribution in [0.4, 0.5) is 5.69 Å². The third-order valence-corrected chi connectivity index (χ3v) is 3.59. The van der Waals surface area contributed by atoms with E-state index in [0.717, 1.165) is 19.5 Å². The van der Waals surface area contributed by atoms with E-state index in [9.17, 15) is 0 Å². The van der Waals surface area contributed by atoms with Crippen LogP contribution in [0.15, 0.2) is 30.7 Å². The Hall–Kier alpha value is -1.77. The smallest absolute Gasteiger partial charge is 0.0950 e. The Morgan fingerprint density at radius 2 is 2.33 bits per heavy atom. The molecular weight excluding hydrogens is 222 g/mol. The summed E-state index contributed by atoms with van der Waals surface area (Å²) in [6.45, 7) is 4.32. The lowest BCUT2D eigenvalue weighted by atomic mass is 10.1. The summed E-state index contributed by atoms with van der Waals surface area (Å²) in [7, 11) is 0. The fourth-order valence-electron chi connectivity index (χ4n) is 2.60. The SMILES string of the molecule is CCCCn1cncc1-c1cccc2c1NCC2. The standard InChI is InChI=1S/C15H19N3/c1-2-3-9-18-11-16-10-14(18)13-6-4-5-12-7-8-17-15(12)13/h4-6,10-11,17H,2-3,7-9H2,1H3. The van der Waals surface area contributed by atoms with Crippen molar-refractivity contribution in [3.63, 3.8) is 0 Å². The van der Waals surface area contributed by atoms with Gasteiger partial charge in [0.05, 0.1) is 18.2 Å². The van der Waals surface area contributed by atoms with Gasteiger partial charge >= 0.3 is 0 Å². The van der Waals surface area contributed by atoms with Crippen molar-refractivity contribution >= 4 is 5.69 Å². The van der Waals surface area contributed by atoms with E-state index in [1.54, 1.807) is 0 Å². The maximum Gasteiger partial charge on any atom is 0.0950 e. The first-order chi connectivity index (χ1) is 8.90. The van der Waals surface area contributed by atoms with Gasteiger partial charge in [-0.2, -0.15) is 0 Å². The summed E-state index contributed by atoms with van der Waals surface area (Å²) in [5, 5.41) is 3.50. The number of unbranched alkanes of at least 4 members (excludes halogenated alkanes) is 1. The Bertz CT molecular complexity index is 542. The molecule has 0 amide bonds. The summed E-state index contributed by atoms with van der Waals surface area (Å²) < 4.78 is 2.26. The van der Waals surface area contributed by atoms with Crippen molar-refractivity contribution in [2.45, 2.75) is 32.7 Å². The van der Waals surface area contributed by atoms with Gasteiger partial charge in [0.25, 0.3) is 0 Å². The van der Waals surface area contributed by atoms with Gasteiger partial charge in [-0.25, -0.2) is 4.98 Å². The number of hydrogen-bond donors (Lipinski definition) is 1. The average molecular weight is 241 g/mol. The van der Waals surface area contributed by atoms with Gasteiger partial charge in [0.1, 0.15) is 0 Å². The Morgan fingerprint density at radius 3 is 3.22 bits per heavy atom. The number of hydrogen-bond acceptors (Lipinski definition) is 2. The van der Waals surface area contributed by atoms with Crippen LogP contribution in [0.1, 0.15) is 25.3 Å². The number of rotatable bonds is 4. The lowest BCUT2D eigenvalue weighted by Gasteiger charge is -2.11. The summed E-state index contributed by atoms with van der Waals surface area (Å²) in [4.78, 5) is 4.31. The number of nitrogens with zero attached hydrogens (tertiary/aromatic N) is 2. The number of fused-ring (bicyclic) bond motifs is 1. The highest BCUT2D eigenvalue weighted by Gasteiger charge is 2.16. The van der Waals surface area contributed by atoms with E-state index >= 15 is 0 Å². The molecule has 2 aromatic rings. The first-order valence-corrected chi connectivity index (χ1v) is 6.76. The van der Waals surface area contributed by atoms with Gasteiger partial charge in [0.15, 0.2) is 0 Å². The van der Waals surface area contributed by atoms with E-state index in [1.165, 1.54) is 35.3 Å². The number of nitrogens with one attached hydrogen (secondary N) is 1. The quantitative estimate of drug-likeness (QED) is 0.890. The van der Waals surface area contributed by atoms with Crippen LogP contribution in [0.5, 0.6) is 0 Å². The molecule has 0 aliphatic carbocycles. The van der Waals surface area contributed by atoms with Crippen LogP contribution in [0.2, 0.25) is 0 Å². The number of anilines is 1. The average Bonchev–Trinajstić information content (AvgIpc) is 3.04. The molecule has 0 saturated heterocycles. The molecule has 94 valence electrons. The van der Waals surface area contributed by atoms with Crippen molar-refractivity contribution in [2.75, 3.05) is 11.9 Å². The lowest BCUT2D eigenvalue weighted by Crippen LogP contribution is -2.00. The highest BCUT2D eigenvalue weighted by atomic mass is 15.0. The van der Waals surface area contributed by atoms with Gasteiger partial charge < -0.3 is 9.88 Å². The fourth-order valence-corrected chi connectivity index (χ4v) is 2.60. The monoisotopic (exact) mass is 241 g/mol. The van der Waals surface area contributed by atoms with E-state index in [1.807, 2.05) is 12.5 Å². The molecule has 0 atom stereocenters. The molecule has 0 bridgehead atoms. The van der Waals surface area contributed by atoms with Gasteiger partial charge in [-0.15, -0.1) is 0 Å². The molecule has 3 heteroatoms. The largest absolute Gasteiger partial charge is 0.384 e. The zero-order valence-electron chi connectivity index (χ0n) is 10.8. The third kappa shape index (κ3) is 1.90. The van der Waals surface area contributed by atoms with Gasteiger partial charge in [-0.1, -0.05) is 31.5 Å². The van der Waals surface area contributed by atoms with Crippen molar-refractivity contribution in [1.29, 1.82) is 0 Å². The fraction of sp³-hybridized carbons (Fsp3) is 0.400. The van der Waals surface area contributed by atoms with Crippen LogP contribution in [0.3, 0.4) is 0 Å². The van der Waals surface area contributed by atoms with Crippen LogP contribution in [0, 0.1) is 0 Å². The van der Waals surface area contributed by atoms with Crippen molar-refractivity contribution < 1.29 is 0 Å². The van der Waals surface area contributed by atoms with E-state index in [2.05, 4.69) is 40.0 Å². The summed E-state index contributed by atoms with van der Waals surface area (Å²) in [6, 6.07) is 6.56. The highest BCUT2D eigenvalue weighted by Crippen LogP contribution is 2.34. The molecule has 1 N–H and O–H groups in total. The number of aromatic nitrogens is 2. The van der Waals surface area contributed by atoms with Crippen LogP contribution in [-0.2, 0) is 13.0 Å². The van der Waals surface area contributed by atoms with Crippen LogP contribution >= 0.6 is 0 Å². The summed E-state index contributed by atoms with van der Waals surface area (Å²) in [5.41, 5.74) is 5.25. The minimum Gasteiger partial charge on any atom is -0.384 e. The van der Waals surface area contributed by atoms with Gasteiger partial charge in [-0.3, -0.25) is 0 Å². The normalized spacial score (nSPS) is 13.4. The Kier molecular flexibility index (Phi) is 3.05. The zero-order valence-corrected chi connectivity index (χ0v) is 10.8. The number of benzene rings is 1. The minimum absolute atomic E-state index is 1.05. The molecule has 3 nitrogen and oxygen atoms in total. The molecule has 0 saturated carbocycles. The summed E-state index contributed by atoms with van der Waals surface area (Å²) in [6.07, 6.45) is 7.46. The van der Waals surface area contributed by atoms with Crippen molar-refractivity contribution in [3.8, 4) is 11.3 Å². The first-order valence-electron chi connectivity index (χ1n) is 6.76. The maximum atomic E-state index is 4.31. The lowest BCUT2D eigenvalue weighted by molar-refractivity contribution is 0.636. The Labute approximate surface area is 108 Å². The van der Waals surface area contributed by atoms with Gasteiger partial charge in [-0.05, 0) is 18.4 Å². The molecule has 2 heterocycles. The van der Waals surface area contributed by atoms with Crippen molar-refractivity contribution in [1.82, 2.24) is 9.55 Å². The summed E-state index contributed by atoms with van der Waals surface area (Å²) in [5.74, 6) is 0. The van der Waals surface area contributed by atoms with Gasteiger partial charge in [0, 0.05) is 24.3 Å². The maximum absolute atomic E-state index is 4.31. The van der Waals surface area contributed by atoms with Crippen LogP contribution < -0.4 is 5.32 Å². The second kappa shape index (κ2) is 4.84. The number of aryl methyl sites for hydroxylation is 1. The molecule has 1 aliphatic rings. The molecule has 1 aromatic carbocycles. The minimum atomic E-state index is 1.05. The van der Waals surface area contributed by atoms with Gasteiger partial charge in [0.2, 0.25) is 0 Å². The van der Waals surface area contributed by atoms with E-state index in [4.69, 9.17) is 0 Å². The second-order valence-electron chi connectivity index (χ2n) is 4.84. The van der Waals surface area contributed by atoms with E-state index < -0.39 is 0 Å². The molecule has 0 spiro atoms. The summed E-state index contributed by atoms with van der Waals surface area (Å²) >= 11 is 0. The molecule has 0 radical (unpaired) electrons. The molecular formula is C15H19N3. The predicted octanol–water partition coefficient (Wildman–Crippen LogP) is 3.32. The Balaban J connectivity index is 2.00. The molecule has 1 aromatic heterocycles. The first kappa shape index (κ1) is 11.3. The highest BCUT2D eigenvalue weighted by molar-refractivity contribution is 5.79. The number of imidazole rings is 1. The molecule has 0 unspecified atom stereocenters. The zero-order chi connectivity index (χ0) is 12.4. The number of para-hydroxylation sites is 1. The predicted molar refractivity (Wildman–Crippen MR) is 74.8 cm³/mol. The third-order valence-electron chi connectivity index (χ3n) is 3.59. The Morgan fingerprint density at radius 1 is 1.39 bits per heavy atom. The van der Waals surface area contributed by atoms with E-state index in [-0.39, 0.29) is 0 Å². The van der Waals surface area contributed by atoms with Crippen molar-refractivity contribution in [2.24, 2.45) is 0 Å².